The summed E-state index contributed by atoms with van der Waals surface area (Å²) in [5, 5.41) is 12.5. The first-order chi connectivity index (χ1) is 15.5. The smallest absolute Gasteiger partial charge is 0.407 e. The standard InChI is InChI=1S/C24H32N4O4/c1-32-5-4-28(24(30)31)13-22-26-20-3-2-18(11-21(20)27-22)25-23(29)12-19-16-7-14-6-15(9-16)10-17(19)8-14/h2-3,11,14-17,19H,4-10,12-13H2,1H3,(H,25,29)(H,26,27)(H,30,31). The number of H-pyrrole nitrogens is 1. The fraction of sp³-hybridized carbons (Fsp3) is 0.625. The molecule has 0 spiro atoms. The molecule has 8 nitrogen and oxygen atoms in total. The number of fused-ring (bicyclic) bond motifs is 1. The van der Waals surface area contributed by atoms with E-state index in [1.54, 1.807) is 7.11 Å². The van der Waals surface area contributed by atoms with Crippen LogP contribution in [-0.4, -0.2) is 52.2 Å². The van der Waals surface area contributed by atoms with E-state index < -0.39 is 6.09 Å². The number of nitrogens with one attached hydrogen (secondary N) is 2. The second-order valence-corrected chi connectivity index (χ2v) is 9.96. The molecule has 1 aromatic heterocycles. The number of nitrogens with zero attached hydrogens (tertiary/aromatic N) is 2. The first-order valence-corrected chi connectivity index (χ1v) is 11.7. The Bertz CT molecular complexity index is 975. The number of aromatic nitrogens is 2. The minimum atomic E-state index is -1.01. The van der Waals surface area contributed by atoms with Crippen molar-refractivity contribution < 1.29 is 19.4 Å². The molecule has 0 unspecified atom stereocenters. The summed E-state index contributed by atoms with van der Waals surface area (Å²) in [5.74, 6) is 4.52. The number of methoxy groups -OCH3 is 1. The van der Waals surface area contributed by atoms with Crippen molar-refractivity contribution in [3.8, 4) is 0 Å². The maximum atomic E-state index is 12.8. The second-order valence-electron chi connectivity index (χ2n) is 9.96. The topological polar surface area (TPSA) is 108 Å². The third kappa shape index (κ3) is 4.33. The van der Waals surface area contributed by atoms with Crippen LogP contribution >= 0.6 is 0 Å². The number of ether oxygens (including phenoxy) is 1. The number of benzene rings is 1. The number of rotatable bonds is 8. The van der Waals surface area contributed by atoms with Crippen LogP contribution in [-0.2, 0) is 16.1 Å². The van der Waals surface area contributed by atoms with Crippen molar-refractivity contribution in [3.63, 3.8) is 0 Å². The molecule has 4 bridgehead atoms. The minimum absolute atomic E-state index is 0.0955. The highest BCUT2D eigenvalue weighted by Crippen LogP contribution is 2.57. The number of aromatic amines is 1. The predicted octanol–water partition coefficient (Wildman–Crippen LogP) is 4.09. The Hall–Kier alpha value is -2.61. The molecule has 4 fully saturated rings. The molecule has 0 radical (unpaired) electrons. The lowest BCUT2D eigenvalue weighted by Gasteiger charge is -2.54. The van der Waals surface area contributed by atoms with Crippen molar-refractivity contribution >= 4 is 28.7 Å². The molecular formula is C24H32N4O4. The second kappa shape index (κ2) is 8.73. The molecule has 0 aliphatic heterocycles. The monoisotopic (exact) mass is 440 g/mol. The summed E-state index contributed by atoms with van der Waals surface area (Å²) in [5.41, 5.74) is 2.27. The van der Waals surface area contributed by atoms with Gasteiger partial charge in [0.15, 0.2) is 0 Å². The number of hydrogen-bond donors (Lipinski definition) is 3. The van der Waals surface area contributed by atoms with E-state index in [9.17, 15) is 14.7 Å². The van der Waals surface area contributed by atoms with E-state index >= 15 is 0 Å². The summed E-state index contributed by atoms with van der Waals surface area (Å²) in [7, 11) is 1.54. The zero-order chi connectivity index (χ0) is 22.2. The van der Waals surface area contributed by atoms with E-state index in [2.05, 4.69) is 15.3 Å². The summed E-state index contributed by atoms with van der Waals surface area (Å²) < 4.78 is 4.98. The van der Waals surface area contributed by atoms with Gasteiger partial charge >= 0.3 is 6.09 Å². The Morgan fingerprint density at radius 2 is 1.91 bits per heavy atom. The normalized spacial score (nSPS) is 28.2. The predicted molar refractivity (Wildman–Crippen MR) is 120 cm³/mol. The lowest BCUT2D eigenvalue weighted by atomic mass is 9.51. The van der Waals surface area contributed by atoms with Gasteiger partial charge in [-0.1, -0.05) is 0 Å². The fourth-order valence-corrected chi connectivity index (χ4v) is 6.64. The molecule has 4 aliphatic carbocycles. The molecular weight excluding hydrogens is 408 g/mol. The molecule has 8 heteroatoms. The van der Waals surface area contributed by atoms with Crippen molar-refractivity contribution in [2.75, 3.05) is 25.6 Å². The number of carbonyl (C=O) groups excluding carboxylic acids is 1. The highest BCUT2D eigenvalue weighted by atomic mass is 16.5. The van der Waals surface area contributed by atoms with Crippen LogP contribution in [0.25, 0.3) is 11.0 Å². The average molecular weight is 441 g/mol. The molecule has 0 saturated heterocycles. The molecule has 2 amide bonds. The molecule has 0 atom stereocenters. The summed E-state index contributed by atoms with van der Waals surface area (Å²) in [4.78, 5) is 33.2. The molecule has 2 aromatic rings. The first kappa shape index (κ1) is 21.2. The summed E-state index contributed by atoms with van der Waals surface area (Å²) >= 11 is 0. The van der Waals surface area contributed by atoms with Crippen molar-refractivity contribution in [1.82, 2.24) is 14.9 Å². The van der Waals surface area contributed by atoms with E-state index in [1.807, 2.05) is 18.2 Å². The fourth-order valence-electron chi connectivity index (χ4n) is 6.64. The number of carbonyl (C=O) groups is 2. The molecule has 32 heavy (non-hydrogen) atoms. The van der Waals surface area contributed by atoms with Gasteiger partial charge in [-0.25, -0.2) is 9.78 Å². The van der Waals surface area contributed by atoms with Gasteiger partial charge in [-0.3, -0.25) is 9.69 Å². The summed E-state index contributed by atoms with van der Waals surface area (Å²) in [6.45, 7) is 0.753. The molecule has 4 saturated carbocycles. The van der Waals surface area contributed by atoms with Gasteiger partial charge in [0.25, 0.3) is 0 Å². The summed E-state index contributed by atoms with van der Waals surface area (Å²) in [6.07, 6.45) is 6.33. The molecule has 1 aromatic carbocycles. The number of amides is 2. The van der Waals surface area contributed by atoms with Crippen LogP contribution in [0.3, 0.4) is 0 Å². The van der Waals surface area contributed by atoms with Crippen LogP contribution in [0.5, 0.6) is 0 Å². The maximum absolute atomic E-state index is 12.8. The zero-order valence-corrected chi connectivity index (χ0v) is 18.5. The third-order valence-electron chi connectivity index (χ3n) is 7.83. The van der Waals surface area contributed by atoms with Gasteiger partial charge in [0.1, 0.15) is 5.82 Å². The van der Waals surface area contributed by atoms with Gasteiger partial charge in [-0.05, 0) is 79.9 Å². The van der Waals surface area contributed by atoms with E-state index in [0.29, 0.717) is 24.8 Å². The zero-order valence-electron chi connectivity index (χ0n) is 18.5. The van der Waals surface area contributed by atoms with Crippen LogP contribution in [0.15, 0.2) is 18.2 Å². The highest BCUT2D eigenvalue weighted by molar-refractivity contribution is 5.93. The molecule has 1 heterocycles. The number of hydrogen-bond acceptors (Lipinski definition) is 4. The van der Waals surface area contributed by atoms with Gasteiger partial charge in [-0.2, -0.15) is 0 Å². The molecule has 6 rings (SSSR count). The number of anilines is 1. The van der Waals surface area contributed by atoms with Crippen molar-refractivity contribution in [2.24, 2.45) is 29.6 Å². The lowest BCUT2D eigenvalue weighted by Crippen LogP contribution is -2.46. The van der Waals surface area contributed by atoms with Crippen LogP contribution < -0.4 is 5.32 Å². The van der Waals surface area contributed by atoms with Crippen LogP contribution in [0, 0.1) is 29.6 Å². The van der Waals surface area contributed by atoms with Crippen LogP contribution in [0.2, 0.25) is 0 Å². The van der Waals surface area contributed by atoms with Crippen molar-refractivity contribution in [2.45, 2.75) is 45.1 Å². The van der Waals surface area contributed by atoms with E-state index in [1.165, 1.54) is 37.0 Å². The van der Waals surface area contributed by atoms with E-state index in [-0.39, 0.29) is 19.0 Å². The van der Waals surface area contributed by atoms with E-state index in [4.69, 9.17) is 4.74 Å². The lowest BCUT2D eigenvalue weighted by molar-refractivity contribution is -0.121. The molecule has 4 aliphatic rings. The molecule has 3 N–H and O–H groups in total. The van der Waals surface area contributed by atoms with Crippen LogP contribution in [0.1, 0.15) is 44.3 Å². The molecule has 172 valence electrons. The average Bonchev–Trinajstić information content (AvgIpc) is 3.14. The Kier molecular flexibility index (Phi) is 5.80. The largest absolute Gasteiger partial charge is 0.465 e. The summed E-state index contributed by atoms with van der Waals surface area (Å²) in [6, 6.07) is 5.59. The van der Waals surface area contributed by atoms with Crippen molar-refractivity contribution in [1.29, 1.82) is 0 Å². The quantitative estimate of drug-likeness (QED) is 0.573. The maximum Gasteiger partial charge on any atom is 0.407 e. The Morgan fingerprint density at radius 1 is 1.19 bits per heavy atom. The van der Waals surface area contributed by atoms with Crippen molar-refractivity contribution in [3.05, 3.63) is 24.0 Å². The Labute approximate surface area is 187 Å². The number of imidazole rings is 1. The van der Waals surface area contributed by atoms with Crippen LogP contribution in [0.4, 0.5) is 10.5 Å². The minimum Gasteiger partial charge on any atom is -0.465 e. The highest BCUT2D eigenvalue weighted by Gasteiger charge is 2.48. The van der Waals surface area contributed by atoms with E-state index in [0.717, 1.165) is 40.4 Å². The van der Waals surface area contributed by atoms with Gasteiger partial charge in [0, 0.05) is 25.8 Å². The third-order valence-corrected chi connectivity index (χ3v) is 7.83. The van der Waals surface area contributed by atoms with Gasteiger partial charge in [0.2, 0.25) is 5.91 Å². The van der Waals surface area contributed by atoms with Gasteiger partial charge in [-0.15, -0.1) is 0 Å². The Morgan fingerprint density at radius 3 is 2.56 bits per heavy atom. The SMILES string of the molecule is COCCN(Cc1nc2ccc(NC(=O)CC3C4CC5CC(C4)CC3C5)cc2[nH]1)C(=O)O. The Balaban J connectivity index is 1.22. The van der Waals surface area contributed by atoms with Gasteiger partial charge < -0.3 is 20.1 Å². The number of carboxylic acid groups (broad SMARTS) is 1. The first-order valence-electron chi connectivity index (χ1n) is 11.7. The van der Waals surface area contributed by atoms with Gasteiger partial charge in [0.05, 0.1) is 24.2 Å².